The van der Waals surface area contributed by atoms with Crippen LogP contribution in [-0.4, -0.2) is 62.0 Å². The SMILES string of the molecule is C[C@@H](NC(=O)c1ccc(N2CCN(S(C)(=O)=O)CC2)c([N+](=O)[O-])c1)C12CC3CC(CC(C3)C1)C2. The molecule has 1 amide bonds. The van der Waals surface area contributed by atoms with Gasteiger partial charge in [-0.05, 0) is 80.8 Å². The molecule has 1 atom stereocenters. The van der Waals surface area contributed by atoms with Crippen LogP contribution in [0.25, 0.3) is 0 Å². The Bertz CT molecular complexity index is 1060. The molecule has 1 saturated heterocycles. The molecule has 0 radical (unpaired) electrons. The van der Waals surface area contributed by atoms with Gasteiger partial charge in [-0.2, -0.15) is 4.31 Å². The Balaban J connectivity index is 1.30. The van der Waals surface area contributed by atoms with Crippen molar-refractivity contribution in [3.8, 4) is 0 Å². The molecule has 5 fully saturated rings. The number of hydrogen-bond acceptors (Lipinski definition) is 6. The van der Waals surface area contributed by atoms with Crippen LogP contribution in [0.5, 0.6) is 0 Å². The van der Waals surface area contributed by atoms with E-state index in [-0.39, 0.29) is 36.1 Å². The monoisotopic (exact) mass is 490 g/mol. The summed E-state index contributed by atoms with van der Waals surface area (Å²) in [5, 5.41) is 15.0. The maximum Gasteiger partial charge on any atom is 0.293 e. The van der Waals surface area contributed by atoms with Crippen molar-refractivity contribution in [1.82, 2.24) is 9.62 Å². The predicted octanol–water partition coefficient (Wildman–Crippen LogP) is 3.01. The molecule has 1 heterocycles. The van der Waals surface area contributed by atoms with E-state index in [0.29, 0.717) is 24.3 Å². The van der Waals surface area contributed by atoms with Crippen LogP contribution in [0.2, 0.25) is 0 Å². The number of nitro benzene ring substituents is 1. The van der Waals surface area contributed by atoms with Gasteiger partial charge in [0.15, 0.2) is 0 Å². The van der Waals surface area contributed by atoms with Gasteiger partial charge in [-0.15, -0.1) is 0 Å². The Morgan fingerprint density at radius 2 is 1.65 bits per heavy atom. The van der Waals surface area contributed by atoms with Crippen LogP contribution in [0.3, 0.4) is 0 Å². The van der Waals surface area contributed by atoms with E-state index in [4.69, 9.17) is 0 Å². The van der Waals surface area contributed by atoms with Crippen LogP contribution in [-0.2, 0) is 10.0 Å². The zero-order valence-electron chi connectivity index (χ0n) is 19.9. The van der Waals surface area contributed by atoms with Crippen molar-refractivity contribution in [2.75, 3.05) is 37.3 Å². The molecule has 9 nitrogen and oxygen atoms in total. The van der Waals surface area contributed by atoms with E-state index >= 15 is 0 Å². The first-order chi connectivity index (χ1) is 16.0. The molecule has 1 N–H and O–H groups in total. The Morgan fingerprint density at radius 3 is 2.15 bits per heavy atom. The number of nitro groups is 1. The normalized spacial score (nSPS) is 31.9. The molecule has 10 heteroatoms. The second-order valence-electron chi connectivity index (χ2n) is 11.1. The summed E-state index contributed by atoms with van der Waals surface area (Å²) in [5.74, 6) is 2.09. The lowest BCUT2D eigenvalue weighted by Crippen LogP contribution is -2.55. The van der Waals surface area contributed by atoms with Crippen molar-refractivity contribution in [1.29, 1.82) is 0 Å². The van der Waals surface area contributed by atoms with Gasteiger partial charge in [0.2, 0.25) is 10.0 Å². The van der Waals surface area contributed by atoms with E-state index in [9.17, 15) is 23.3 Å². The van der Waals surface area contributed by atoms with E-state index in [2.05, 4.69) is 12.2 Å². The standard InChI is InChI=1S/C24H34N4O5S/c1-16(24-13-17-9-18(14-24)11-19(10-17)15-24)25-23(29)20-3-4-21(22(12-20)28(30)31)26-5-7-27(8-6-26)34(2,32)33/h3-4,12,16-19H,5-11,13-15H2,1-2H3,(H,25,29)/t16-,17?,18?,19?,24?/m1/s1. The average Bonchev–Trinajstić information content (AvgIpc) is 2.77. The number of amides is 1. The highest BCUT2D eigenvalue weighted by molar-refractivity contribution is 7.88. The fourth-order valence-electron chi connectivity index (χ4n) is 7.48. The van der Waals surface area contributed by atoms with Crippen molar-refractivity contribution < 1.29 is 18.1 Å². The van der Waals surface area contributed by atoms with Gasteiger partial charge in [0.05, 0.1) is 11.2 Å². The summed E-state index contributed by atoms with van der Waals surface area (Å²) in [6, 6.07) is 4.67. The summed E-state index contributed by atoms with van der Waals surface area (Å²) in [4.78, 5) is 26.4. The number of benzene rings is 1. The molecule has 1 aromatic carbocycles. The van der Waals surface area contributed by atoms with Crippen LogP contribution < -0.4 is 10.2 Å². The second kappa shape index (κ2) is 8.48. The van der Waals surface area contributed by atoms with Crippen LogP contribution in [0.15, 0.2) is 18.2 Å². The summed E-state index contributed by atoms with van der Waals surface area (Å²) >= 11 is 0. The number of piperazine rings is 1. The Kier molecular flexibility index (Phi) is 5.87. The Labute approximate surface area is 201 Å². The number of carbonyl (C=O) groups is 1. The zero-order chi connectivity index (χ0) is 24.3. The largest absolute Gasteiger partial charge is 0.363 e. The van der Waals surface area contributed by atoms with Gasteiger partial charge < -0.3 is 10.2 Å². The third-order valence-corrected chi connectivity index (χ3v) is 10.1. The summed E-state index contributed by atoms with van der Waals surface area (Å²) in [5.41, 5.74) is 0.754. The number of anilines is 1. The third-order valence-electron chi connectivity index (χ3n) is 8.83. The topological polar surface area (TPSA) is 113 Å². The lowest BCUT2D eigenvalue weighted by molar-refractivity contribution is -0.384. The van der Waals surface area contributed by atoms with Gasteiger partial charge in [-0.3, -0.25) is 14.9 Å². The Morgan fingerprint density at radius 1 is 1.09 bits per heavy atom. The summed E-state index contributed by atoms with van der Waals surface area (Å²) in [6.45, 7) is 3.39. The van der Waals surface area contributed by atoms with Gasteiger partial charge in [-0.1, -0.05) is 0 Å². The van der Waals surface area contributed by atoms with E-state index in [1.54, 1.807) is 12.1 Å². The zero-order valence-corrected chi connectivity index (χ0v) is 20.7. The minimum absolute atomic E-state index is 0.0382. The molecule has 0 unspecified atom stereocenters. The van der Waals surface area contributed by atoms with Crippen LogP contribution >= 0.6 is 0 Å². The lowest BCUT2D eigenvalue weighted by atomic mass is 9.48. The number of hydrogen-bond donors (Lipinski definition) is 1. The smallest absolute Gasteiger partial charge is 0.293 e. The molecule has 186 valence electrons. The number of nitrogens with one attached hydrogen (secondary N) is 1. The first-order valence-electron chi connectivity index (χ1n) is 12.3. The first-order valence-corrected chi connectivity index (χ1v) is 14.2. The molecule has 6 rings (SSSR count). The molecule has 0 aromatic heterocycles. The number of carbonyl (C=O) groups excluding carboxylic acids is 1. The number of rotatable bonds is 6. The molecule has 1 aromatic rings. The van der Waals surface area contributed by atoms with Crippen molar-refractivity contribution in [2.45, 2.75) is 51.5 Å². The quantitative estimate of drug-likeness (QED) is 0.485. The minimum Gasteiger partial charge on any atom is -0.363 e. The van der Waals surface area contributed by atoms with Crippen molar-refractivity contribution in [3.63, 3.8) is 0 Å². The Hall–Kier alpha value is -2.20. The van der Waals surface area contributed by atoms with E-state index < -0.39 is 14.9 Å². The fraction of sp³-hybridized carbons (Fsp3) is 0.708. The van der Waals surface area contributed by atoms with Gasteiger partial charge in [0.25, 0.3) is 11.6 Å². The summed E-state index contributed by atoms with van der Waals surface area (Å²) in [7, 11) is -3.28. The number of nitrogens with zero attached hydrogens (tertiary/aromatic N) is 3. The molecule has 4 bridgehead atoms. The fourth-order valence-corrected chi connectivity index (χ4v) is 8.31. The molecular weight excluding hydrogens is 456 g/mol. The third kappa shape index (κ3) is 4.30. The molecule has 34 heavy (non-hydrogen) atoms. The summed E-state index contributed by atoms with van der Waals surface area (Å²) in [6.07, 6.45) is 8.73. The molecule has 1 aliphatic heterocycles. The van der Waals surface area contributed by atoms with Crippen LogP contribution in [0, 0.1) is 33.3 Å². The molecule has 0 spiro atoms. The van der Waals surface area contributed by atoms with Gasteiger partial charge in [0, 0.05) is 43.9 Å². The van der Waals surface area contributed by atoms with Crippen molar-refractivity contribution in [3.05, 3.63) is 33.9 Å². The van der Waals surface area contributed by atoms with Crippen LogP contribution in [0.1, 0.15) is 55.8 Å². The maximum atomic E-state index is 13.1. The average molecular weight is 491 g/mol. The molecule has 5 aliphatic rings. The molecular formula is C24H34N4O5S. The van der Waals surface area contributed by atoms with Gasteiger partial charge >= 0.3 is 0 Å². The first kappa shape index (κ1) is 23.5. The summed E-state index contributed by atoms with van der Waals surface area (Å²) < 4.78 is 24.9. The highest BCUT2D eigenvalue weighted by Gasteiger charge is 2.53. The van der Waals surface area contributed by atoms with Gasteiger partial charge in [0.1, 0.15) is 5.69 Å². The van der Waals surface area contributed by atoms with Gasteiger partial charge in [-0.25, -0.2) is 8.42 Å². The second-order valence-corrected chi connectivity index (χ2v) is 13.1. The molecule has 4 aliphatic carbocycles. The van der Waals surface area contributed by atoms with Crippen molar-refractivity contribution >= 4 is 27.3 Å². The predicted molar refractivity (Wildman–Crippen MR) is 129 cm³/mol. The number of sulfonamides is 1. The molecule has 4 saturated carbocycles. The van der Waals surface area contributed by atoms with Crippen molar-refractivity contribution in [2.24, 2.45) is 23.2 Å². The highest BCUT2D eigenvalue weighted by atomic mass is 32.2. The van der Waals surface area contributed by atoms with E-state index in [0.717, 1.165) is 17.8 Å². The minimum atomic E-state index is -3.28. The van der Waals surface area contributed by atoms with E-state index in [1.807, 2.05) is 4.90 Å². The van der Waals surface area contributed by atoms with E-state index in [1.165, 1.54) is 55.2 Å². The highest BCUT2D eigenvalue weighted by Crippen LogP contribution is 2.61. The van der Waals surface area contributed by atoms with Crippen LogP contribution in [0.4, 0.5) is 11.4 Å². The lowest BCUT2D eigenvalue weighted by Gasteiger charge is -2.59. The maximum absolute atomic E-state index is 13.1.